The Morgan fingerprint density at radius 3 is 3.08 bits per heavy atom. The van der Waals surface area contributed by atoms with Crippen LogP contribution in [0.5, 0.6) is 0 Å². The Bertz CT molecular complexity index is 1020. The molecule has 1 saturated carbocycles. The van der Waals surface area contributed by atoms with E-state index in [2.05, 4.69) is 23.6 Å². The van der Waals surface area contributed by atoms with Crippen molar-refractivity contribution in [1.29, 1.82) is 0 Å². The Morgan fingerprint density at radius 1 is 1.42 bits per heavy atom. The van der Waals surface area contributed by atoms with Crippen molar-refractivity contribution >= 4 is 39.0 Å². The summed E-state index contributed by atoms with van der Waals surface area (Å²) in [6.45, 7) is 2.26. The van der Waals surface area contributed by atoms with E-state index in [0.717, 1.165) is 48.0 Å². The maximum Gasteiger partial charge on any atom is 0.302 e. The van der Waals surface area contributed by atoms with Gasteiger partial charge in [-0.25, -0.2) is 4.98 Å². The summed E-state index contributed by atoms with van der Waals surface area (Å²) < 4.78 is 6.94. The van der Waals surface area contributed by atoms with E-state index < -0.39 is 0 Å². The SMILES string of the molecule is CC1CCc2nc3sc(C(=O)Nc4c[n+](C5CC5)no4)c(N)c3cc2C1. The third-order valence-corrected chi connectivity index (χ3v) is 6.29. The fourth-order valence-electron chi connectivity index (χ4n) is 3.53. The Kier molecular flexibility index (Phi) is 3.49. The highest BCUT2D eigenvalue weighted by molar-refractivity contribution is 7.21. The van der Waals surface area contributed by atoms with Gasteiger partial charge in [0.2, 0.25) is 5.27 Å². The zero-order valence-electron chi connectivity index (χ0n) is 14.5. The van der Waals surface area contributed by atoms with Crippen LogP contribution in [0.15, 0.2) is 16.8 Å². The zero-order chi connectivity index (χ0) is 17.8. The van der Waals surface area contributed by atoms with Crippen LogP contribution in [0.2, 0.25) is 0 Å². The van der Waals surface area contributed by atoms with E-state index in [1.807, 2.05) is 0 Å². The van der Waals surface area contributed by atoms with Crippen LogP contribution in [0.25, 0.3) is 10.2 Å². The highest BCUT2D eigenvalue weighted by Crippen LogP contribution is 2.36. The summed E-state index contributed by atoms with van der Waals surface area (Å²) in [7, 11) is 0. The van der Waals surface area contributed by atoms with Gasteiger partial charge in [-0.15, -0.1) is 11.3 Å². The van der Waals surface area contributed by atoms with Gasteiger partial charge in [0.15, 0.2) is 6.04 Å². The van der Waals surface area contributed by atoms with Crippen molar-refractivity contribution in [3.8, 4) is 0 Å². The number of fused-ring (bicyclic) bond motifs is 2. The second kappa shape index (κ2) is 5.77. The number of anilines is 2. The normalized spacial score (nSPS) is 19.5. The van der Waals surface area contributed by atoms with Crippen molar-refractivity contribution in [1.82, 2.24) is 10.3 Å². The molecule has 1 unspecified atom stereocenters. The number of hydrogen-bond donors (Lipinski definition) is 2. The molecule has 2 aliphatic rings. The molecule has 1 atom stereocenters. The predicted molar refractivity (Wildman–Crippen MR) is 98.1 cm³/mol. The van der Waals surface area contributed by atoms with Crippen LogP contribution in [0, 0.1) is 5.92 Å². The molecule has 134 valence electrons. The molecule has 7 nitrogen and oxygen atoms in total. The number of rotatable bonds is 3. The number of aryl methyl sites for hydroxylation is 1. The number of amides is 1. The third-order valence-electron chi connectivity index (χ3n) is 5.18. The molecule has 3 aromatic heterocycles. The van der Waals surface area contributed by atoms with E-state index in [0.29, 0.717) is 28.4 Å². The van der Waals surface area contributed by atoms with Crippen molar-refractivity contribution in [2.24, 2.45) is 5.92 Å². The lowest BCUT2D eigenvalue weighted by Crippen LogP contribution is -2.32. The van der Waals surface area contributed by atoms with Gasteiger partial charge in [-0.05, 0) is 41.5 Å². The summed E-state index contributed by atoms with van der Waals surface area (Å²) in [5.41, 5.74) is 9.18. The minimum absolute atomic E-state index is 0.282. The smallest absolute Gasteiger partial charge is 0.302 e. The number of nitrogen functional groups attached to an aromatic ring is 1. The van der Waals surface area contributed by atoms with Gasteiger partial charge in [0.05, 0.1) is 5.69 Å². The van der Waals surface area contributed by atoms with Crippen LogP contribution in [0.1, 0.15) is 53.2 Å². The van der Waals surface area contributed by atoms with Gasteiger partial charge < -0.3 is 5.73 Å². The molecular formula is C18H20N5O2S+. The molecule has 3 aromatic rings. The molecule has 8 heteroatoms. The predicted octanol–water partition coefficient (Wildman–Crippen LogP) is 2.87. The van der Waals surface area contributed by atoms with Crippen molar-refractivity contribution in [2.75, 3.05) is 11.1 Å². The van der Waals surface area contributed by atoms with Crippen LogP contribution in [0.4, 0.5) is 11.6 Å². The number of carbonyl (C=O) groups excluding carboxylic acids is 1. The molecular weight excluding hydrogens is 350 g/mol. The summed E-state index contributed by atoms with van der Waals surface area (Å²) >= 11 is 1.33. The number of nitrogens with one attached hydrogen (secondary N) is 1. The highest BCUT2D eigenvalue weighted by Gasteiger charge is 2.36. The van der Waals surface area contributed by atoms with Gasteiger partial charge in [0.1, 0.15) is 9.71 Å². The van der Waals surface area contributed by atoms with Crippen LogP contribution in [-0.2, 0) is 12.8 Å². The maximum absolute atomic E-state index is 12.7. The largest absolute Gasteiger partial charge is 0.397 e. The van der Waals surface area contributed by atoms with E-state index in [1.54, 1.807) is 10.9 Å². The lowest BCUT2D eigenvalue weighted by Gasteiger charge is -2.20. The summed E-state index contributed by atoms with van der Waals surface area (Å²) in [6, 6.07) is 2.52. The Hall–Kier alpha value is -2.48. The topological polar surface area (TPSA) is 97.9 Å². The number of pyridine rings is 1. The average Bonchev–Trinajstić information content (AvgIpc) is 3.29. The Labute approximate surface area is 154 Å². The number of nitrogens with zero attached hydrogens (tertiary/aromatic N) is 3. The summed E-state index contributed by atoms with van der Waals surface area (Å²) in [4.78, 5) is 18.7. The van der Waals surface area contributed by atoms with Crippen LogP contribution >= 0.6 is 11.3 Å². The van der Waals surface area contributed by atoms with Crippen molar-refractivity contribution in [3.63, 3.8) is 0 Å². The van der Waals surface area contributed by atoms with Crippen LogP contribution < -0.4 is 15.7 Å². The van der Waals surface area contributed by atoms with E-state index >= 15 is 0 Å². The standard InChI is InChI=1S/C18H19N5O2S/c1-9-2-5-13-10(6-9)7-12-15(19)16(26-18(12)20-13)17(24)21-14-8-23(22-25-14)11-3-4-11/h7-9,11H,2-6H2,1H3,(H2-,19,21,22,24)/p+1. The average molecular weight is 370 g/mol. The molecule has 3 N–H and O–H groups in total. The van der Waals surface area contributed by atoms with Gasteiger partial charge in [0, 0.05) is 23.9 Å². The molecule has 0 spiro atoms. The molecule has 0 aromatic carbocycles. The third kappa shape index (κ3) is 2.65. The second-order valence-corrected chi connectivity index (χ2v) is 8.37. The lowest BCUT2D eigenvalue weighted by atomic mass is 9.87. The fourth-order valence-corrected chi connectivity index (χ4v) is 4.53. The summed E-state index contributed by atoms with van der Waals surface area (Å²) in [6.07, 6.45) is 7.09. The second-order valence-electron chi connectivity index (χ2n) is 7.37. The molecule has 26 heavy (non-hydrogen) atoms. The molecule has 0 radical (unpaired) electrons. The summed E-state index contributed by atoms with van der Waals surface area (Å²) in [5.74, 6) is 0.713. The first kappa shape index (κ1) is 15.7. The molecule has 0 bridgehead atoms. The van der Waals surface area contributed by atoms with Crippen LogP contribution in [-0.4, -0.2) is 16.2 Å². The number of nitrogens with two attached hydrogens (primary N) is 1. The maximum atomic E-state index is 12.7. The van der Waals surface area contributed by atoms with Crippen molar-refractivity contribution < 1.29 is 14.0 Å². The molecule has 2 aliphatic carbocycles. The van der Waals surface area contributed by atoms with Crippen molar-refractivity contribution in [2.45, 2.75) is 45.1 Å². The van der Waals surface area contributed by atoms with Gasteiger partial charge >= 0.3 is 5.88 Å². The minimum Gasteiger partial charge on any atom is -0.397 e. The first-order chi connectivity index (χ1) is 12.6. The zero-order valence-corrected chi connectivity index (χ0v) is 15.3. The minimum atomic E-state index is -0.282. The number of aromatic nitrogens is 3. The molecule has 1 amide bonds. The molecule has 1 fully saturated rings. The summed E-state index contributed by atoms with van der Waals surface area (Å²) in [5, 5.41) is 7.56. The number of carbonyl (C=O) groups is 1. The van der Waals surface area contributed by atoms with Gasteiger partial charge in [0.25, 0.3) is 12.1 Å². The monoisotopic (exact) mass is 370 g/mol. The van der Waals surface area contributed by atoms with Gasteiger partial charge in [-0.3, -0.25) is 14.6 Å². The van der Waals surface area contributed by atoms with E-state index in [1.165, 1.54) is 16.9 Å². The van der Waals surface area contributed by atoms with E-state index in [9.17, 15) is 4.79 Å². The Balaban J connectivity index is 1.45. The number of thiophene rings is 1. The fraction of sp³-hybridized carbons (Fsp3) is 0.444. The lowest BCUT2D eigenvalue weighted by molar-refractivity contribution is -0.765. The molecule has 5 rings (SSSR count). The molecule has 0 aliphatic heterocycles. The van der Waals surface area contributed by atoms with Gasteiger partial charge in [-0.2, -0.15) is 0 Å². The van der Waals surface area contributed by atoms with E-state index in [-0.39, 0.29) is 5.91 Å². The van der Waals surface area contributed by atoms with Crippen LogP contribution in [0.3, 0.4) is 0 Å². The Morgan fingerprint density at radius 2 is 2.27 bits per heavy atom. The van der Waals surface area contributed by atoms with Gasteiger partial charge in [-0.1, -0.05) is 6.92 Å². The first-order valence-electron chi connectivity index (χ1n) is 8.98. The van der Waals surface area contributed by atoms with E-state index in [4.69, 9.17) is 15.2 Å². The first-order valence-corrected chi connectivity index (χ1v) is 9.80. The highest BCUT2D eigenvalue weighted by atomic mass is 32.1. The molecule has 3 heterocycles. The quantitative estimate of drug-likeness (QED) is 0.691. The van der Waals surface area contributed by atoms with Crippen molar-refractivity contribution in [3.05, 3.63) is 28.4 Å². The molecule has 0 saturated heterocycles. The number of hydrogen-bond acceptors (Lipinski definition) is 6.